The van der Waals surface area contributed by atoms with Gasteiger partial charge in [-0.2, -0.15) is 0 Å². The summed E-state index contributed by atoms with van der Waals surface area (Å²) < 4.78 is 17.0. The Labute approximate surface area is 501 Å². The molecule has 0 aromatic carbocycles. The highest BCUT2D eigenvalue weighted by atomic mass is 16.6. The number of unbranched alkanes of at least 4 members (excludes halogenated alkanes) is 30. The number of rotatable bonds is 61. The Morgan fingerprint density at radius 1 is 0.259 bits per heavy atom. The third-order valence-electron chi connectivity index (χ3n) is 14.4. The molecular formula is C75H126O6. The number of esters is 3. The zero-order valence-electron chi connectivity index (χ0n) is 53.0. The summed E-state index contributed by atoms with van der Waals surface area (Å²) in [6, 6.07) is 0. The highest BCUT2D eigenvalue weighted by Gasteiger charge is 2.19. The molecule has 0 spiro atoms. The van der Waals surface area contributed by atoms with Crippen LogP contribution in [0.4, 0.5) is 0 Å². The molecule has 81 heavy (non-hydrogen) atoms. The Kier molecular flexibility index (Phi) is 64.8. The van der Waals surface area contributed by atoms with Gasteiger partial charge in [-0.3, -0.25) is 14.4 Å². The van der Waals surface area contributed by atoms with Crippen molar-refractivity contribution in [3.63, 3.8) is 0 Å². The third kappa shape index (κ3) is 66.5. The van der Waals surface area contributed by atoms with E-state index in [2.05, 4.69) is 142 Å². The highest BCUT2D eigenvalue weighted by Crippen LogP contribution is 2.16. The van der Waals surface area contributed by atoms with Gasteiger partial charge in [-0.1, -0.05) is 284 Å². The molecule has 0 aliphatic heterocycles. The van der Waals surface area contributed by atoms with Crippen LogP contribution in [-0.2, 0) is 28.6 Å². The smallest absolute Gasteiger partial charge is 0.306 e. The maximum Gasteiger partial charge on any atom is 0.306 e. The molecule has 0 saturated heterocycles. The van der Waals surface area contributed by atoms with E-state index >= 15 is 0 Å². The predicted molar refractivity (Wildman–Crippen MR) is 353 cm³/mol. The van der Waals surface area contributed by atoms with Crippen LogP contribution in [0, 0.1) is 0 Å². The van der Waals surface area contributed by atoms with Crippen LogP contribution in [0.5, 0.6) is 0 Å². The van der Waals surface area contributed by atoms with Gasteiger partial charge in [0.05, 0.1) is 0 Å². The molecule has 0 N–H and O–H groups in total. The number of hydrogen-bond donors (Lipinski definition) is 0. The fourth-order valence-corrected chi connectivity index (χ4v) is 9.33. The molecule has 0 aliphatic carbocycles. The van der Waals surface area contributed by atoms with Crippen molar-refractivity contribution in [2.24, 2.45) is 0 Å². The first-order valence-corrected chi connectivity index (χ1v) is 34.0. The summed E-state index contributed by atoms with van der Waals surface area (Å²) in [7, 11) is 0. The molecule has 0 aliphatic rings. The second-order valence-corrected chi connectivity index (χ2v) is 22.3. The minimum Gasteiger partial charge on any atom is -0.462 e. The topological polar surface area (TPSA) is 78.9 Å². The summed E-state index contributed by atoms with van der Waals surface area (Å²) in [4.78, 5) is 38.4. The van der Waals surface area contributed by atoms with Crippen molar-refractivity contribution in [1.29, 1.82) is 0 Å². The van der Waals surface area contributed by atoms with E-state index in [4.69, 9.17) is 14.2 Å². The molecule has 0 bridgehead atoms. The highest BCUT2D eigenvalue weighted by molar-refractivity contribution is 5.71. The number of ether oxygens (including phenoxy) is 3. The van der Waals surface area contributed by atoms with E-state index in [1.807, 2.05) is 0 Å². The van der Waals surface area contributed by atoms with Crippen LogP contribution >= 0.6 is 0 Å². The Morgan fingerprint density at radius 2 is 0.481 bits per heavy atom. The molecular weight excluding hydrogens is 997 g/mol. The Bertz CT molecular complexity index is 1670. The summed E-state index contributed by atoms with van der Waals surface area (Å²) in [5, 5.41) is 0. The normalized spacial score (nSPS) is 12.9. The van der Waals surface area contributed by atoms with E-state index in [0.29, 0.717) is 19.3 Å². The minimum atomic E-state index is -0.800. The lowest BCUT2D eigenvalue weighted by molar-refractivity contribution is -0.167. The van der Waals surface area contributed by atoms with E-state index in [1.165, 1.54) is 161 Å². The molecule has 1 unspecified atom stereocenters. The fraction of sp³-hybridized carbons (Fsp3) is 0.693. The number of carbonyl (C=O) groups is 3. The van der Waals surface area contributed by atoms with E-state index in [9.17, 15) is 14.4 Å². The zero-order valence-corrected chi connectivity index (χ0v) is 53.0. The van der Waals surface area contributed by atoms with Crippen molar-refractivity contribution < 1.29 is 28.6 Å². The molecule has 0 aromatic rings. The maximum absolute atomic E-state index is 12.9. The molecule has 0 saturated carbocycles. The van der Waals surface area contributed by atoms with E-state index < -0.39 is 6.10 Å². The summed E-state index contributed by atoms with van der Waals surface area (Å²) in [6.45, 7) is 6.49. The van der Waals surface area contributed by atoms with Crippen LogP contribution in [0.25, 0.3) is 0 Å². The number of carbonyl (C=O) groups excluding carboxylic acids is 3. The first-order chi connectivity index (χ1) is 40.0. The molecule has 0 amide bonds. The van der Waals surface area contributed by atoms with Gasteiger partial charge in [0, 0.05) is 19.3 Å². The number of allylic oxidation sites excluding steroid dienone is 20. The third-order valence-corrected chi connectivity index (χ3v) is 14.4. The standard InChI is InChI=1S/C75H126O6/c1-4-7-10-13-16-19-22-25-28-31-34-35-36-37-38-39-42-44-47-50-53-56-59-62-65-68-74(77)80-71-72(81-75(78)69-66-63-60-57-54-51-48-45-41-33-30-27-24-21-18-15-12-9-6-3)70-79-73(76)67-64-61-58-55-52-49-46-43-40-32-29-26-23-20-17-14-11-8-5-2/h7,10,16,18-19,21,25-30,34-35,37-38,42,44,50,53,72H,4-6,8-9,11-15,17,20,22-24,31-33,36,39-41,43,45-49,51-52,54-71H2,1-3H3/b10-7-,19-16-,21-18-,28-25-,29-26-,30-27-,35-34-,38-37-,44-42-,53-50-. The van der Waals surface area contributed by atoms with Gasteiger partial charge in [0.1, 0.15) is 13.2 Å². The molecule has 0 fully saturated rings. The first kappa shape index (κ1) is 76.8. The summed E-state index contributed by atoms with van der Waals surface area (Å²) in [5.41, 5.74) is 0. The van der Waals surface area contributed by atoms with Crippen LogP contribution in [-0.4, -0.2) is 37.2 Å². The second kappa shape index (κ2) is 68.3. The minimum absolute atomic E-state index is 0.0928. The van der Waals surface area contributed by atoms with Gasteiger partial charge in [0.2, 0.25) is 0 Å². The molecule has 0 radical (unpaired) electrons. The average molecular weight is 1120 g/mol. The Balaban J connectivity index is 4.46. The lowest BCUT2D eigenvalue weighted by atomic mass is 10.1. The fourth-order valence-electron chi connectivity index (χ4n) is 9.33. The van der Waals surface area contributed by atoms with Gasteiger partial charge in [-0.15, -0.1) is 0 Å². The lowest BCUT2D eigenvalue weighted by Gasteiger charge is -2.18. The molecule has 1 atom stereocenters. The van der Waals surface area contributed by atoms with Gasteiger partial charge in [0.25, 0.3) is 0 Å². The van der Waals surface area contributed by atoms with Gasteiger partial charge in [-0.05, 0) is 135 Å². The van der Waals surface area contributed by atoms with Gasteiger partial charge in [-0.25, -0.2) is 0 Å². The van der Waals surface area contributed by atoms with Gasteiger partial charge in [0.15, 0.2) is 6.10 Å². The van der Waals surface area contributed by atoms with Crippen molar-refractivity contribution in [2.45, 2.75) is 322 Å². The predicted octanol–water partition coefficient (Wildman–Crippen LogP) is 23.6. The molecule has 6 nitrogen and oxygen atoms in total. The Hall–Kier alpha value is -4.19. The van der Waals surface area contributed by atoms with Crippen molar-refractivity contribution in [1.82, 2.24) is 0 Å². The van der Waals surface area contributed by atoms with Gasteiger partial charge < -0.3 is 14.2 Å². The largest absolute Gasteiger partial charge is 0.462 e. The van der Waals surface area contributed by atoms with Crippen molar-refractivity contribution in [3.8, 4) is 0 Å². The first-order valence-electron chi connectivity index (χ1n) is 34.0. The van der Waals surface area contributed by atoms with Crippen molar-refractivity contribution in [3.05, 3.63) is 122 Å². The summed E-state index contributed by atoms with van der Waals surface area (Å²) in [5.74, 6) is -0.924. The van der Waals surface area contributed by atoms with Crippen LogP contribution in [0.3, 0.4) is 0 Å². The van der Waals surface area contributed by atoms with Crippen LogP contribution in [0.15, 0.2) is 122 Å². The molecule has 0 heterocycles. The lowest BCUT2D eigenvalue weighted by Crippen LogP contribution is -2.30. The van der Waals surface area contributed by atoms with Crippen molar-refractivity contribution in [2.75, 3.05) is 13.2 Å². The van der Waals surface area contributed by atoms with Crippen LogP contribution in [0.1, 0.15) is 316 Å². The average Bonchev–Trinajstić information content (AvgIpc) is 3.47. The summed E-state index contributed by atoms with van der Waals surface area (Å²) in [6.07, 6.45) is 94.9. The molecule has 462 valence electrons. The summed E-state index contributed by atoms with van der Waals surface area (Å²) >= 11 is 0. The SMILES string of the molecule is CC/C=C\C/C=C\C/C=C\C/C=C\C/C=C\C/C=C\C/C=C\CCCCCC(=O)OCC(COC(=O)CCCCCCCCCCC/C=C\CCCCCCCC)OC(=O)CCCCCCCCCCC/C=C\C/C=C\CCCCC. The molecule has 0 rings (SSSR count). The van der Waals surface area contributed by atoms with Gasteiger partial charge >= 0.3 is 17.9 Å². The van der Waals surface area contributed by atoms with Crippen LogP contribution < -0.4 is 0 Å². The Morgan fingerprint density at radius 3 is 0.802 bits per heavy atom. The second-order valence-electron chi connectivity index (χ2n) is 22.3. The molecule has 6 heteroatoms. The van der Waals surface area contributed by atoms with E-state index in [-0.39, 0.29) is 31.1 Å². The van der Waals surface area contributed by atoms with Crippen molar-refractivity contribution >= 4 is 17.9 Å². The van der Waals surface area contributed by atoms with Crippen LogP contribution in [0.2, 0.25) is 0 Å². The maximum atomic E-state index is 12.9. The monoisotopic (exact) mass is 1120 g/mol. The zero-order chi connectivity index (χ0) is 58.5. The van der Waals surface area contributed by atoms with E-state index in [1.54, 1.807) is 0 Å². The quantitative estimate of drug-likeness (QED) is 0.0261. The molecule has 0 aromatic heterocycles. The van der Waals surface area contributed by atoms with E-state index in [0.717, 1.165) is 116 Å². The number of hydrogen-bond acceptors (Lipinski definition) is 6.